The fourth-order valence-corrected chi connectivity index (χ4v) is 3.87. The summed E-state index contributed by atoms with van der Waals surface area (Å²) in [6.45, 7) is 4.44. The third-order valence-corrected chi connectivity index (χ3v) is 5.27. The van der Waals surface area contributed by atoms with Crippen LogP contribution in [-0.4, -0.2) is 22.5 Å². The molecule has 0 unspecified atom stereocenters. The Bertz CT molecular complexity index is 1130. The van der Waals surface area contributed by atoms with Crippen molar-refractivity contribution in [3.63, 3.8) is 0 Å². The van der Waals surface area contributed by atoms with Crippen molar-refractivity contribution in [1.82, 2.24) is 9.97 Å². The predicted octanol–water partition coefficient (Wildman–Crippen LogP) is 6.34. The summed E-state index contributed by atoms with van der Waals surface area (Å²) >= 11 is 1.60. The summed E-state index contributed by atoms with van der Waals surface area (Å²) in [6.07, 6.45) is 1.56. The van der Waals surface area contributed by atoms with Crippen LogP contribution < -0.4 is 5.32 Å². The number of hydrogen-bond donors (Lipinski definition) is 1. The zero-order valence-electron chi connectivity index (χ0n) is 16.7. The Morgan fingerprint density at radius 1 is 1.07 bits per heavy atom. The summed E-state index contributed by atoms with van der Waals surface area (Å²) in [5.74, 6) is 0.744. The van der Waals surface area contributed by atoms with Gasteiger partial charge in [0, 0.05) is 16.6 Å². The maximum absolute atomic E-state index is 12.1. The van der Waals surface area contributed by atoms with Gasteiger partial charge in [-0.3, -0.25) is 0 Å². The molecule has 2 heterocycles. The van der Waals surface area contributed by atoms with Crippen molar-refractivity contribution in [2.75, 3.05) is 11.9 Å². The van der Waals surface area contributed by atoms with E-state index in [-0.39, 0.29) is 18.4 Å². The van der Waals surface area contributed by atoms with Gasteiger partial charge in [0.15, 0.2) is 0 Å². The fourth-order valence-electron chi connectivity index (χ4n) is 2.95. The molecule has 7 heteroatoms. The van der Waals surface area contributed by atoms with Crippen LogP contribution in [0.15, 0.2) is 66.3 Å². The predicted molar refractivity (Wildman–Crippen MR) is 125 cm³/mol. The van der Waals surface area contributed by atoms with E-state index < -0.39 is 0 Å². The first kappa shape index (κ1) is 21.7. The van der Waals surface area contributed by atoms with Crippen LogP contribution in [0, 0.1) is 5.92 Å². The summed E-state index contributed by atoms with van der Waals surface area (Å²) < 4.78 is 5.28. The molecule has 5 nitrogen and oxygen atoms in total. The number of thiophene rings is 1. The molecule has 4 aromatic rings. The van der Waals surface area contributed by atoms with Crippen molar-refractivity contribution in [3.05, 3.63) is 71.9 Å². The maximum atomic E-state index is 12.1. The van der Waals surface area contributed by atoms with Gasteiger partial charge in [0.25, 0.3) is 0 Å². The topological polar surface area (TPSA) is 64.1 Å². The SMILES string of the molecule is CC(C)COC(=O)c1ccc(Nc2ncnc3scc(-c4ccccc4)c23)cc1.Cl. The first-order chi connectivity index (χ1) is 14.1. The van der Waals surface area contributed by atoms with Crippen LogP contribution >= 0.6 is 23.7 Å². The molecule has 2 aromatic carbocycles. The highest BCUT2D eigenvalue weighted by Gasteiger charge is 2.14. The zero-order chi connectivity index (χ0) is 20.2. The second kappa shape index (κ2) is 9.69. The minimum atomic E-state index is -0.307. The number of benzene rings is 2. The van der Waals surface area contributed by atoms with E-state index >= 15 is 0 Å². The number of hydrogen-bond acceptors (Lipinski definition) is 6. The Labute approximate surface area is 185 Å². The van der Waals surface area contributed by atoms with Crippen LogP contribution in [-0.2, 0) is 4.74 Å². The molecule has 2 aromatic heterocycles. The van der Waals surface area contributed by atoms with Crippen LogP contribution in [0.1, 0.15) is 24.2 Å². The van der Waals surface area contributed by atoms with Gasteiger partial charge in [0.1, 0.15) is 17.0 Å². The molecular formula is C23H22ClN3O2S. The highest BCUT2D eigenvalue weighted by molar-refractivity contribution is 7.17. The summed E-state index contributed by atoms with van der Waals surface area (Å²) in [4.78, 5) is 21.9. The molecule has 4 rings (SSSR count). The zero-order valence-corrected chi connectivity index (χ0v) is 18.3. The number of halogens is 1. The van der Waals surface area contributed by atoms with Gasteiger partial charge >= 0.3 is 5.97 Å². The Balaban J connectivity index is 0.00000256. The number of fused-ring (bicyclic) bond motifs is 1. The van der Waals surface area contributed by atoms with Gasteiger partial charge in [-0.05, 0) is 35.7 Å². The quantitative estimate of drug-likeness (QED) is 0.355. The standard InChI is InChI=1S/C23H21N3O2S.ClH/c1-15(2)12-28-23(27)17-8-10-18(11-9-17)26-21-20-19(16-6-4-3-5-7-16)13-29-22(20)25-14-24-21;/h3-11,13-15H,12H2,1-2H3,(H,24,25,26);1H. The van der Waals surface area contributed by atoms with Gasteiger partial charge in [-0.1, -0.05) is 44.2 Å². The summed E-state index contributed by atoms with van der Waals surface area (Å²) in [5.41, 5.74) is 3.60. The Kier molecular flexibility index (Phi) is 7.03. The third kappa shape index (κ3) is 4.78. The molecule has 0 amide bonds. The van der Waals surface area contributed by atoms with Crippen molar-refractivity contribution in [2.24, 2.45) is 5.92 Å². The average molecular weight is 440 g/mol. The van der Waals surface area contributed by atoms with Crippen molar-refractivity contribution in [2.45, 2.75) is 13.8 Å². The minimum Gasteiger partial charge on any atom is -0.462 e. The molecule has 0 aliphatic carbocycles. The Hall–Kier alpha value is -2.96. The molecular weight excluding hydrogens is 418 g/mol. The smallest absolute Gasteiger partial charge is 0.338 e. The molecule has 0 aliphatic heterocycles. The lowest BCUT2D eigenvalue weighted by Gasteiger charge is -2.10. The number of rotatable bonds is 6. The molecule has 0 saturated heterocycles. The van der Waals surface area contributed by atoms with Gasteiger partial charge in [0.2, 0.25) is 0 Å². The number of ether oxygens (including phenoxy) is 1. The minimum absolute atomic E-state index is 0. The molecule has 154 valence electrons. The van der Waals surface area contributed by atoms with Crippen LogP contribution in [0.25, 0.3) is 21.3 Å². The van der Waals surface area contributed by atoms with E-state index in [2.05, 4.69) is 32.8 Å². The van der Waals surface area contributed by atoms with E-state index in [4.69, 9.17) is 4.74 Å². The van der Waals surface area contributed by atoms with Crippen molar-refractivity contribution < 1.29 is 9.53 Å². The van der Waals surface area contributed by atoms with Gasteiger partial charge in [-0.15, -0.1) is 23.7 Å². The maximum Gasteiger partial charge on any atom is 0.338 e. The van der Waals surface area contributed by atoms with Gasteiger partial charge in [0.05, 0.1) is 17.6 Å². The van der Waals surface area contributed by atoms with Gasteiger partial charge in [-0.2, -0.15) is 0 Å². The number of carbonyl (C=O) groups is 1. The van der Waals surface area contributed by atoms with Crippen LogP contribution in [0.5, 0.6) is 0 Å². The van der Waals surface area contributed by atoms with E-state index in [1.807, 2.05) is 44.2 Å². The molecule has 0 fully saturated rings. The van der Waals surface area contributed by atoms with Crippen LogP contribution in [0.2, 0.25) is 0 Å². The summed E-state index contributed by atoms with van der Waals surface area (Å²) in [7, 11) is 0. The molecule has 0 aliphatic rings. The number of esters is 1. The highest BCUT2D eigenvalue weighted by atomic mass is 35.5. The summed E-state index contributed by atoms with van der Waals surface area (Å²) in [6, 6.07) is 17.4. The molecule has 0 bridgehead atoms. The van der Waals surface area contributed by atoms with E-state index in [9.17, 15) is 4.79 Å². The monoisotopic (exact) mass is 439 g/mol. The molecule has 0 atom stereocenters. The summed E-state index contributed by atoms with van der Waals surface area (Å²) in [5, 5.41) is 6.46. The molecule has 0 radical (unpaired) electrons. The second-order valence-electron chi connectivity index (χ2n) is 7.11. The van der Waals surface area contributed by atoms with E-state index in [1.165, 1.54) is 0 Å². The molecule has 0 spiro atoms. The first-order valence-electron chi connectivity index (χ1n) is 9.43. The second-order valence-corrected chi connectivity index (χ2v) is 7.97. The lowest BCUT2D eigenvalue weighted by Crippen LogP contribution is -2.10. The van der Waals surface area contributed by atoms with Crippen LogP contribution in [0.3, 0.4) is 0 Å². The van der Waals surface area contributed by atoms with Crippen molar-refractivity contribution in [1.29, 1.82) is 0 Å². The van der Waals surface area contributed by atoms with Crippen LogP contribution in [0.4, 0.5) is 11.5 Å². The van der Waals surface area contributed by atoms with Crippen molar-refractivity contribution in [3.8, 4) is 11.1 Å². The normalized spacial score (nSPS) is 10.6. The number of aromatic nitrogens is 2. The van der Waals surface area contributed by atoms with Crippen molar-refractivity contribution >= 4 is 51.4 Å². The van der Waals surface area contributed by atoms with E-state index in [0.29, 0.717) is 18.1 Å². The lowest BCUT2D eigenvalue weighted by atomic mass is 10.1. The number of nitrogens with zero attached hydrogens (tertiary/aromatic N) is 2. The van der Waals surface area contributed by atoms with E-state index in [0.717, 1.165) is 32.8 Å². The van der Waals surface area contributed by atoms with Gasteiger partial charge in [-0.25, -0.2) is 14.8 Å². The lowest BCUT2D eigenvalue weighted by molar-refractivity contribution is 0.0459. The highest BCUT2D eigenvalue weighted by Crippen LogP contribution is 2.37. The average Bonchev–Trinajstić information content (AvgIpc) is 3.18. The number of nitrogens with one attached hydrogen (secondary N) is 1. The molecule has 1 N–H and O–H groups in total. The first-order valence-corrected chi connectivity index (χ1v) is 10.3. The van der Waals surface area contributed by atoms with E-state index in [1.54, 1.807) is 29.8 Å². The number of anilines is 2. The molecule has 30 heavy (non-hydrogen) atoms. The van der Waals surface area contributed by atoms with Gasteiger partial charge < -0.3 is 10.1 Å². The number of carbonyl (C=O) groups excluding carboxylic acids is 1. The molecule has 0 saturated carbocycles. The largest absolute Gasteiger partial charge is 0.462 e. The Morgan fingerprint density at radius 2 is 1.80 bits per heavy atom. The third-order valence-electron chi connectivity index (χ3n) is 4.39. The Morgan fingerprint density at radius 3 is 2.50 bits per heavy atom. The fraction of sp³-hybridized carbons (Fsp3) is 0.174.